The summed E-state index contributed by atoms with van der Waals surface area (Å²) in [5.74, 6) is 0.515. The fraction of sp³-hybridized carbons (Fsp3) is 0.316. The molecule has 24 heavy (non-hydrogen) atoms. The van der Waals surface area contributed by atoms with Crippen LogP contribution in [0.2, 0.25) is 0 Å². The highest BCUT2D eigenvalue weighted by molar-refractivity contribution is 5.82. The second-order valence-electron chi connectivity index (χ2n) is 5.75. The first kappa shape index (κ1) is 16.5. The number of nitrogens with zero attached hydrogens (tertiary/aromatic N) is 1. The number of carbonyl (C=O) groups excluding carboxylic acids is 1. The van der Waals surface area contributed by atoms with E-state index in [1.807, 2.05) is 30.3 Å². The molecular formula is C19H21NO4. The standard InChI is InChI=1S/C19H21NO4/c1-23-16-9-7-15(8-10-16)17(21)18-19(22)20(11-12-24-18)13-14-5-3-2-4-6-14/h2-10,17-18,21H,11-13H2,1H3/t17-,18+/m1/s1. The van der Waals surface area contributed by atoms with Gasteiger partial charge in [0.2, 0.25) is 0 Å². The van der Waals surface area contributed by atoms with Gasteiger partial charge in [-0.3, -0.25) is 4.79 Å². The number of aliphatic hydroxyl groups is 1. The van der Waals surface area contributed by atoms with Gasteiger partial charge in [0.1, 0.15) is 11.9 Å². The molecule has 2 atom stereocenters. The van der Waals surface area contributed by atoms with Crippen molar-refractivity contribution in [2.75, 3.05) is 20.3 Å². The van der Waals surface area contributed by atoms with E-state index in [4.69, 9.17) is 9.47 Å². The van der Waals surface area contributed by atoms with Gasteiger partial charge in [-0.15, -0.1) is 0 Å². The molecule has 0 radical (unpaired) electrons. The van der Waals surface area contributed by atoms with Crippen LogP contribution in [0.3, 0.4) is 0 Å². The Bertz CT molecular complexity index is 672. The van der Waals surface area contributed by atoms with Gasteiger partial charge in [-0.05, 0) is 23.3 Å². The molecule has 1 N–H and O–H groups in total. The van der Waals surface area contributed by atoms with Crippen molar-refractivity contribution in [3.63, 3.8) is 0 Å². The maximum atomic E-state index is 12.7. The average molecular weight is 327 g/mol. The molecule has 0 unspecified atom stereocenters. The number of benzene rings is 2. The second-order valence-corrected chi connectivity index (χ2v) is 5.75. The highest BCUT2D eigenvalue weighted by Crippen LogP contribution is 2.25. The number of methoxy groups -OCH3 is 1. The predicted molar refractivity (Wildman–Crippen MR) is 89.6 cm³/mol. The molecule has 2 aromatic carbocycles. The lowest BCUT2D eigenvalue weighted by Crippen LogP contribution is -2.49. The number of hydrogen-bond donors (Lipinski definition) is 1. The van der Waals surface area contributed by atoms with E-state index in [2.05, 4.69) is 0 Å². The van der Waals surface area contributed by atoms with E-state index in [0.717, 1.165) is 5.56 Å². The number of aliphatic hydroxyl groups excluding tert-OH is 1. The molecule has 0 spiro atoms. The van der Waals surface area contributed by atoms with E-state index >= 15 is 0 Å². The van der Waals surface area contributed by atoms with Gasteiger partial charge < -0.3 is 19.5 Å². The van der Waals surface area contributed by atoms with Crippen LogP contribution < -0.4 is 4.74 Å². The van der Waals surface area contributed by atoms with E-state index in [1.54, 1.807) is 36.3 Å². The van der Waals surface area contributed by atoms with Crippen LogP contribution in [-0.4, -0.2) is 42.3 Å². The zero-order chi connectivity index (χ0) is 16.9. The highest BCUT2D eigenvalue weighted by atomic mass is 16.5. The number of amides is 1. The Morgan fingerprint density at radius 1 is 1.21 bits per heavy atom. The fourth-order valence-corrected chi connectivity index (χ4v) is 2.81. The summed E-state index contributed by atoms with van der Waals surface area (Å²) in [6.07, 6.45) is -1.88. The molecule has 5 heteroatoms. The average Bonchev–Trinajstić information content (AvgIpc) is 2.64. The van der Waals surface area contributed by atoms with E-state index < -0.39 is 12.2 Å². The fourth-order valence-electron chi connectivity index (χ4n) is 2.81. The van der Waals surface area contributed by atoms with Gasteiger partial charge in [0.15, 0.2) is 6.10 Å². The third-order valence-corrected chi connectivity index (χ3v) is 4.17. The van der Waals surface area contributed by atoms with Crippen LogP contribution in [-0.2, 0) is 16.1 Å². The summed E-state index contributed by atoms with van der Waals surface area (Å²) in [6, 6.07) is 16.8. The lowest BCUT2D eigenvalue weighted by Gasteiger charge is -2.34. The van der Waals surface area contributed by atoms with Gasteiger partial charge in [0.25, 0.3) is 5.91 Å². The molecular weight excluding hydrogens is 306 g/mol. The summed E-state index contributed by atoms with van der Waals surface area (Å²) in [7, 11) is 1.58. The molecule has 1 saturated heterocycles. The van der Waals surface area contributed by atoms with Crippen molar-refractivity contribution in [2.24, 2.45) is 0 Å². The van der Waals surface area contributed by atoms with Crippen LogP contribution in [0, 0.1) is 0 Å². The Kier molecular flexibility index (Phi) is 5.13. The number of rotatable bonds is 5. The zero-order valence-corrected chi connectivity index (χ0v) is 13.6. The number of hydrogen-bond acceptors (Lipinski definition) is 4. The van der Waals surface area contributed by atoms with Crippen LogP contribution in [0.1, 0.15) is 17.2 Å². The minimum Gasteiger partial charge on any atom is -0.497 e. The SMILES string of the molecule is COc1ccc([C@@H](O)[C@@H]2OCCN(Cc3ccccc3)C2=O)cc1. The summed E-state index contributed by atoms with van der Waals surface area (Å²) in [6.45, 7) is 1.46. The molecule has 1 aliphatic heterocycles. The first-order chi connectivity index (χ1) is 11.7. The van der Waals surface area contributed by atoms with Crippen molar-refractivity contribution in [2.45, 2.75) is 18.8 Å². The summed E-state index contributed by atoms with van der Waals surface area (Å²) >= 11 is 0. The van der Waals surface area contributed by atoms with Crippen molar-refractivity contribution in [1.29, 1.82) is 0 Å². The largest absolute Gasteiger partial charge is 0.497 e. The third kappa shape index (κ3) is 3.58. The third-order valence-electron chi connectivity index (χ3n) is 4.17. The number of ether oxygens (including phenoxy) is 2. The van der Waals surface area contributed by atoms with Crippen molar-refractivity contribution >= 4 is 5.91 Å². The van der Waals surface area contributed by atoms with E-state index in [9.17, 15) is 9.90 Å². The second kappa shape index (κ2) is 7.47. The quantitative estimate of drug-likeness (QED) is 0.914. The van der Waals surface area contributed by atoms with Crippen LogP contribution in [0.4, 0.5) is 0 Å². The molecule has 0 aliphatic carbocycles. The lowest BCUT2D eigenvalue weighted by atomic mass is 10.0. The first-order valence-corrected chi connectivity index (χ1v) is 7.95. The topological polar surface area (TPSA) is 59.0 Å². The summed E-state index contributed by atoms with van der Waals surface area (Å²) in [5.41, 5.74) is 1.70. The number of carbonyl (C=O) groups is 1. The van der Waals surface area contributed by atoms with E-state index in [1.165, 1.54) is 0 Å². The van der Waals surface area contributed by atoms with Gasteiger partial charge in [0, 0.05) is 13.1 Å². The van der Waals surface area contributed by atoms with Crippen molar-refractivity contribution in [3.05, 3.63) is 65.7 Å². The summed E-state index contributed by atoms with van der Waals surface area (Å²) in [4.78, 5) is 14.4. The monoisotopic (exact) mass is 327 g/mol. The van der Waals surface area contributed by atoms with Crippen LogP contribution in [0.5, 0.6) is 5.75 Å². The molecule has 1 amide bonds. The number of morpholine rings is 1. The maximum absolute atomic E-state index is 12.7. The Morgan fingerprint density at radius 2 is 1.92 bits per heavy atom. The van der Waals surface area contributed by atoms with Crippen molar-refractivity contribution in [3.8, 4) is 5.75 Å². The molecule has 0 bridgehead atoms. The minimum absolute atomic E-state index is 0.187. The molecule has 2 aromatic rings. The van der Waals surface area contributed by atoms with Gasteiger partial charge in [-0.25, -0.2) is 0 Å². The van der Waals surface area contributed by atoms with Crippen LogP contribution in [0.15, 0.2) is 54.6 Å². The first-order valence-electron chi connectivity index (χ1n) is 7.95. The minimum atomic E-state index is -0.998. The molecule has 1 aliphatic rings. The molecule has 1 fully saturated rings. The van der Waals surface area contributed by atoms with Gasteiger partial charge >= 0.3 is 0 Å². The van der Waals surface area contributed by atoms with Crippen molar-refractivity contribution in [1.82, 2.24) is 4.90 Å². The normalized spacial score (nSPS) is 19.2. The molecule has 5 nitrogen and oxygen atoms in total. The summed E-state index contributed by atoms with van der Waals surface area (Å²) in [5, 5.41) is 10.5. The molecule has 0 aromatic heterocycles. The Morgan fingerprint density at radius 3 is 2.58 bits per heavy atom. The van der Waals surface area contributed by atoms with Gasteiger partial charge in [0.05, 0.1) is 13.7 Å². The van der Waals surface area contributed by atoms with Crippen molar-refractivity contribution < 1.29 is 19.4 Å². The molecule has 1 heterocycles. The Balaban J connectivity index is 1.71. The molecule has 126 valence electrons. The van der Waals surface area contributed by atoms with Crippen LogP contribution >= 0.6 is 0 Å². The van der Waals surface area contributed by atoms with Crippen LogP contribution in [0.25, 0.3) is 0 Å². The van der Waals surface area contributed by atoms with E-state index in [-0.39, 0.29) is 5.91 Å². The van der Waals surface area contributed by atoms with Gasteiger partial charge in [-0.1, -0.05) is 42.5 Å². The smallest absolute Gasteiger partial charge is 0.255 e. The summed E-state index contributed by atoms with van der Waals surface area (Å²) < 4.78 is 10.7. The maximum Gasteiger partial charge on any atom is 0.255 e. The highest BCUT2D eigenvalue weighted by Gasteiger charge is 2.35. The lowest BCUT2D eigenvalue weighted by molar-refractivity contribution is -0.164. The molecule has 3 rings (SSSR count). The Hall–Kier alpha value is -2.37. The van der Waals surface area contributed by atoms with Gasteiger partial charge in [-0.2, -0.15) is 0 Å². The van der Waals surface area contributed by atoms with E-state index in [0.29, 0.717) is 31.0 Å². The molecule has 0 saturated carbocycles. The predicted octanol–water partition coefficient (Wildman–Crippen LogP) is 2.16. The zero-order valence-electron chi connectivity index (χ0n) is 13.6. The Labute approximate surface area is 141 Å².